The number of urea groups is 1. The number of hydrogen-bond donors (Lipinski definition) is 1. The molecule has 1 aliphatic rings. The number of nitrogens with zero attached hydrogens (tertiary/aromatic N) is 1. The highest BCUT2D eigenvalue weighted by atomic mass is 32.1. The Kier molecular flexibility index (Phi) is 4.02. The number of nitrogens with one attached hydrogen (secondary N) is 1. The van der Waals surface area contributed by atoms with E-state index in [4.69, 9.17) is 0 Å². The van der Waals surface area contributed by atoms with E-state index in [0.717, 1.165) is 24.9 Å². The lowest BCUT2D eigenvalue weighted by atomic mass is 10.2. The predicted molar refractivity (Wildman–Crippen MR) is 81.7 cm³/mol. The maximum Gasteiger partial charge on any atom is 0.318 e. The molecule has 0 radical (unpaired) electrons. The second kappa shape index (κ2) is 6.09. The van der Waals surface area contributed by atoms with Crippen LogP contribution in [0.15, 0.2) is 47.8 Å². The maximum atomic E-state index is 12.3. The number of thiophene rings is 1. The third kappa shape index (κ3) is 2.85. The van der Waals surface area contributed by atoms with E-state index >= 15 is 0 Å². The van der Waals surface area contributed by atoms with Gasteiger partial charge in [0.25, 0.3) is 0 Å². The van der Waals surface area contributed by atoms with Crippen molar-refractivity contribution >= 4 is 17.4 Å². The van der Waals surface area contributed by atoms with Crippen molar-refractivity contribution in [3.05, 3.63) is 58.3 Å². The molecule has 0 bridgehead atoms. The van der Waals surface area contributed by atoms with Gasteiger partial charge in [-0.25, -0.2) is 4.79 Å². The summed E-state index contributed by atoms with van der Waals surface area (Å²) in [4.78, 5) is 15.6. The number of hydrogen-bond acceptors (Lipinski definition) is 2. The minimum atomic E-state index is 0.0461. The number of rotatable bonds is 3. The molecule has 0 unspecified atom stereocenters. The zero-order valence-corrected chi connectivity index (χ0v) is 12.1. The van der Waals surface area contributed by atoms with Gasteiger partial charge in [-0.2, -0.15) is 0 Å². The summed E-state index contributed by atoms with van der Waals surface area (Å²) >= 11 is 1.73. The van der Waals surface area contributed by atoms with E-state index in [9.17, 15) is 4.79 Å². The summed E-state index contributed by atoms with van der Waals surface area (Å²) in [6.07, 6.45) is 2.15. The van der Waals surface area contributed by atoms with Gasteiger partial charge in [-0.1, -0.05) is 36.4 Å². The van der Waals surface area contributed by atoms with Crippen LogP contribution in [0.3, 0.4) is 0 Å². The van der Waals surface area contributed by atoms with E-state index in [0.29, 0.717) is 6.54 Å². The molecule has 104 valence electrons. The van der Waals surface area contributed by atoms with Gasteiger partial charge in [0, 0.05) is 18.0 Å². The minimum absolute atomic E-state index is 0.0461. The molecule has 2 heterocycles. The maximum absolute atomic E-state index is 12.3. The Balaban J connectivity index is 1.62. The van der Waals surface area contributed by atoms with Gasteiger partial charge in [0.1, 0.15) is 0 Å². The first-order valence-electron chi connectivity index (χ1n) is 6.96. The van der Waals surface area contributed by atoms with Crippen LogP contribution in [0.25, 0.3) is 0 Å². The Hall–Kier alpha value is -1.81. The fraction of sp³-hybridized carbons (Fsp3) is 0.312. The highest BCUT2D eigenvalue weighted by Crippen LogP contribution is 2.34. The summed E-state index contributed by atoms with van der Waals surface area (Å²) in [5.74, 6) is 0. The molecule has 3 nitrogen and oxygen atoms in total. The number of carbonyl (C=O) groups is 1. The predicted octanol–water partition coefficient (Wildman–Crippen LogP) is 3.79. The van der Waals surface area contributed by atoms with E-state index in [1.807, 2.05) is 35.2 Å². The molecular weight excluding hydrogens is 268 g/mol. The molecule has 2 aromatic rings. The van der Waals surface area contributed by atoms with Crippen LogP contribution >= 0.6 is 11.3 Å². The number of carbonyl (C=O) groups excluding carboxylic acids is 1. The van der Waals surface area contributed by atoms with Crippen molar-refractivity contribution in [3.63, 3.8) is 0 Å². The second-order valence-electron chi connectivity index (χ2n) is 5.01. The van der Waals surface area contributed by atoms with E-state index in [2.05, 4.69) is 22.8 Å². The SMILES string of the molecule is O=C(NCc1ccccc1)N1CCC[C@H]1c1cccs1. The quantitative estimate of drug-likeness (QED) is 0.914. The van der Waals surface area contributed by atoms with Gasteiger partial charge >= 0.3 is 6.03 Å². The molecule has 0 spiro atoms. The highest BCUT2D eigenvalue weighted by Gasteiger charge is 2.30. The molecule has 1 N–H and O–H groups in total. The van der Waals surface area contributed by atoms with Gasteiger partial charge in [-0.3, -0.25) is 0 Å². The van der Waals surface area contributed by atoms with E-state index in [1.54, 1.807) is 11.3 Å². The van der Waals surface area contributed by atoms with E-state index in [1.165, 1.54) is 4.88 Å². The third-order valence-corrected chi connectivity index (χ3v) is 4.65. The normalized spacial score (nSPS) is 18.2. The first-order chi connectivity index (χ1) is 9.84. The molecular formula is C16H18N2OS. The highest BCUT2D eigenvalue weighted by molar-refractivity contribution is 7.10. The molecule has 1 aromatic heterocycles. The van der Waals surface area contributed by atoms with Crippen molar-refractivity contribution in [2.45, 2.75) is 25.4 Å². The summed E-state index contributed by atoms with van der Waals surface area (Å²) < 4.78 is 0. The van der Waals surface area contributed by atoms with Crippen LogP contribution in [0.1, 0.15) is 29.3 Å². The Morgan fingerprint density at radius 2 is 2.10 bits per heavy atom. The average Bonchev–Trinajstić information content (AvgIpc) is 3.15. The molecule has 20 heavy (non-hydrogen) atoms. The van der Waals surface area contributed by atoms with Gasteiger partial charge in [0.2, 0.25) is 0 Å². The van der Waals surface area contributed by atoms with Crippen molar-refractivity contribution < 1.29 is 4.79 Å². The lowest BCUT2D eigenvalue weighted by Gasteiger charge is -2.24. The van der Waals surface area contributed by atoms with Crippen LogP contribution < -0.4 is 5.32 Å². The molecule has 1 atom stereocenters. The van der Waals surface area contributed by atoms with Crippen molar-refractivity contribution in [3.8, 4) is 0 Å². The zero-order chi connectivity index (χ0) is 13.8. The van der Waals surface area contributed by atoms with Gasteiger partial charge < -0.3 is 10.2 Å². The van der Waals surface area contributed by atoms with Gasteiger partial charge in [-0.15, -0.1) is 11.3 Å². The lowest BCUT2D eigenvalue weighted by molar-refractivity contribution is 0.193. The number of amides is 2. The molecule has 0 saturated carbocycles. The van der Waals surface area contributed by atoms with Crippen LogP contribution in [0.2, 0.25) is 0 Å². The van der Waals surface area contributed by atoms with Crippen molar-refractivity contribution in [1.82, 2.24) is 10.2 Å². The van der Waals surface area contributed by atoms with Gasteiger partial charge in [0.05, 0.1) is 6.04 Å². The molecule has 3 rings (SSSR count). The molecule has 1 aliphatic heterocycles. The zero-order valence-electron chi connectivity index (χ0n) is 11.3. The summed E-state index contributed by atoms with van der Waals surface area (Å²) in [5.41, 5.74) is 1.13. The summed E-state index contributed by atoms with van der Waals surface area (Å²) in [5, 5.41) is 5.10. The van der Waals surface area contributed by atoms with Crippen LogP contribution in [-0.2, 0) is 6.54 Å². The number of benzene rings is 1. The molecule has 4 heteroatoms. The van der Waals surface area contributed by atoms with E-state index < -0.39 is 0 Å². The lowest BCUT2D eigenvalue weighted by Crippen LogP contribution is -2.38. The fourth-order valence-electron chi connectivity index (χ4n) is 2.66. The van der Waals surface area contributed by atoms with Gasteiger partial charge in [0.15, 0.2) is 0 Å². The largest absolute Gasteiger partial charge is 0.334 e. The smallest absolute Gasteiger partial charge is 0.318 e. The minimum Gasteiger partial charge on any atom is -0.334 e. The second-order valence-corrected chi connectivity index (χ2v) is 5.99. The monoisotopic (exact) mass is 286 g/mol. The van der Waals surface area contributed by atoms with Gasteiger partial charge in [-0.05, 0) is 29.9 Å². The summed E-state index contributed by atoms with van der Waals surface area (Å²) in [6, 6.07) is 14.5. The fourth-order valence-corrected chi connectivity index (χ4v) is 3.54. The van der Waals surface area contributed by atoms with Crippen LogP contribution in [0.5, 0.6) is 0 Å². The molecule has 1 aromatic carbocycles. The molecule has 1 saturated heterocycles. The Morgan fingerprint density at radius 3 is 2.85 bits per heavy atom. The Labute approximate surface area is 123 Å². The molecule has 2 amide bonds. The number of likely N-dealkylation sites (tertiary alicyclic amines) is 1. The summed E-state index contributed by atoms with van der Waals surface area (Å²) in [7, 11) is 0. The van der Waals surface area contributed by atoms with E-state index in [-0.39, 0.29) is 12.1 Å². The first kappa shape index (κ1) is 13.2. The first-order valence-corrected chi connectivity index (χ1v) is 7.84. The van der Waals surface area contributed by atoms with Crippen molar-refractivity contribution in [2.75, 3.05) is 6.54 Å². The summed E-state index contributed by atoms with van der Waals surface area (Å²) in [6.45, 7) is 1.44. The average molecular weight is 286 g/mol. The Morgan fingerprint density at radius 1 is 1.25 bits per heavy atom. The third-order valence-electron chi connectivity index (χ3n) is 3.67. The standard InChI is InChI=1S/C16H18N2OS/c19-16(17-12-13-6-2-1-3-7-13)18-10-4-8-14(18)15-9-5-11-20-15/h1-3,5-7,9,11,14H,4,8,10,12H2,(H,17,19)/t14-/m0/s1. The Bertz CT molecular complexity index is 553. The van der Waals surface area contributed by atoms with Crippen LogP contribution in [-0.4, -0.2) is 17.5 Å². The van der Waals surface area contributed by atoms with Crippen molar-refractivity contribution in [1.29, 1.82) is 0 Å². The van der Waals surface area contributed by atoms with Crippen LogP contribution in [0, 0.1) is 0 Å². The topological polar surface area (TPSA) is 32.3 Å². The van der Waals surface area contributed by atoms with Crippen LogP contribution in [0.4, 0.5) is 4.79 Å². The van der Waals surface area contributed by atoms with Crippen molar-refractivity contribution in [2.24, 2.45) is 0 Å². The molecule has 1 fully saturated rings. The molecule has 0 aliphatic carbocycles.